The average molecular weight is 369 g/mol. The van der Waals surface area contributed by atoms with Crippen LogP contribution in [0.15, 0.2) is 18.2 Å². The Hall–Kier alpha value is -0.660. The Balaban J connectivity index is 3.02. The SMILES string of the molecule is O=C(CCl)Cc1cc(C(O)C(=O)O)ccc1I. The maximum atomic E-state index is 11.2. The predicted molar refractivity (Wildman–Crippen MR) is 71.2 cm³/mol. The van der Waals surface area contributed by atoms with Crippen LogP contribution in [0.1, 0.15) is 17.2 Å². The Morgan fingerprint density at radius 2 is 2.06 bits per heavy atom. The molecule has 0 heterocycles. The normalized spacial score (nSPS) is 12.2. The van der Waals surface area contributed by atoms with E-state index in [-0.39, 0.29) is 23.6 Å². The van der Waals surface area contributed by atoms with E-state index < -0.39 is 12.1 Å². The zero-order chi connectivity index (χ0) is 13.0. The van der Waals surface area contributed by atoms with Crippen molar-refractivity contribution in [3.63, 3.8) is 0 Å². The number of carbonyl (C=O) groups excluding carboxylic acids is 1. The molecule has 1 unspecified atom stereocenters. The number of aliphatic hydroxyl groups excluding tert-OH is 1. The van der Waals surface area contributed by atoms with E-state index in [1.54, 1.807) is 6.07 Å². The molecule has 2 N–H and O–H groups in total. The fraction of sp³-hybridized carbons (Fsp3) is 0.273. The van der Waals surface area contributed by atoms with Gasteiger partial charge in [-0.05, 0) is 39.8 Å². The number of ketones is 1. The smallest absolute Gasteiger partial charge is 0.337 e. The van der Waals surface area contributed by atoms with Crippen LogP contribution in [0.25, 0.3) is 0 Å². The van der Waals surface area contributed by atoms with E-state index in [1.807, 2.05) is 22.6 Å². The van der Waals surface area contributed by atoms with Crippen molar-refractivity contribution in [2.45, 2.75) is 12.5 Å². The molecule has 1 aromatic rings. The molecule has 6 heteroatoms. The van der Waals surface area contributed by atoms with Crippen LogP contribution in [0.5, 0.6) is 0 Å². The largest absolute Gasteiger partial charge is 0.479 e. The standard InChI is InChI=1S/C11H10ClIO4/c12-5-8(14)4-7-3-6(1-2-9(7)13)10(15)11(16)17/h1-3,10,15H,4-5H2,(H,16,17). The molecule has 0 amide bonds. The van der Waals surface area contributed by atoms with Gasteiger partial charge in [-0.15, -0.1) is 11.6 Å². The first kappa shape index (κ1) is 14.4. The number of Topliss-reactive ketones (excluding diaryl/α,β-unsaturated/α-hetero) is 1. The molecule has 1 atom stereocenters. The first-order chi connectivity index (χ1) is 7.95. The van der Waals surface area contributed by atoms with Crippen LogP contribution in [0.4, 0.5) is 0 Å². The molecular formula is C11H10ClIO4. The Kier molecular flexibility index (Phi) is 5.35. The van der Waals surface area contributed by atoms with Crippen molar-refractivity contribution in [3.05, 3.63) is 32.9 Å². The van der Waals surface area contributed by atoms with Gasteiger partial charge in [0.2, 0.25) is 0 Å². The number of halogens is 2. The zero-order valence-electron chi connectivity index (χ0n) is 8.69. The summed E-state index contributed by atoms with van der Waals surface area (Å²) in [5, 5.41) is 18.1. The second-order valence-electron chi connectivity index (χ2n) is 3.44. The van der Waals surface area contributed by atoms with Gasteiger partial charge in [0, 0.05) is 9.99 Å². The van der Waals surface area contributed by atoms with Crippen molar-refractivity contribution in [2.75, 3.05) is 5.88 Å². The second kappa shape index (κ2) is 6.32. The number of alkyl halides is 1. The number of carboxylic acids is 1. The number of hydrogen-bond acceptors (Lipinski definition) is 3. The Bertz CT molecular complexity index is 447. The van der Waals surface area contributed by atoms with Gasteiger partial charge in [-0.25, -0.2) is 4.79 Å². The number of hydrogen-bond donors (Lipinski definition) is 2. The van der Waals surface area contributed by atoms with Gasteiger partial charge in [0.15, 0.2) is 11.9 Å². The highest BCUT2D eigenvalue weighted by atomic mass is 127. The van der Waals surface area contributed by atoms with Gasteiger partial charge in [-0.2, -0.15) is 0 Å². The molecule has 0 fully saturated rings. The van der Waals surface area contributed by atoms with Crippen molar-refractivity contribution in [1.82, 2.24) is 0 Å². The highest BCUT2D eigenvalue weighted by Gasteiger charge is 2.17. The number of carboxylic acid groups (broad SMARTS) is 1. The molecule has 0 bridgehead atoms. The molecule has 4 nitrogen and oxygen atoms in total. The van der Waals surface area contributed by atoms with E-state index >= 15 is 0 Å². The van der Waals surface area contributed by atoms with Gasteiger partial charge >= 0.3 is 5.97 Å². The number of aliphatic carboxylic acids is 1. The molecule has 0 aliphatic carbocycles. The number of carbonyl (C=O) groups is 2. The molecule has 17 heavy (non-hydrogen) atoms. The van der Waals surface area contributed by atoms with Crippen LogP contribution in [0.3, 0.4) is 0 Å². The monoisotopic (exact) mass is 368 g/mol. The minimum Gasteiger partial charge on any atom is -0.479 e. The molecule has 1 aromatic carbocycles. The number of aliphatic hydroxyl groups is 1. The minimum absolute atomic E-state index is 0.0816. The molecular weight excluding hydrogens is 358 g/mol. The van der Waals surface area contributed by atoms with Crippen LogP contribution in [-0.4, -0.2) is 27.8 Å². The van der Waals surface area contributed by atoms with E-state index in [0.717, 1.165) is 3.57 Å². The van der Waals surface area contributed by atoms with Crippen LogP contribution in [0, 0.1) is 3.57 Å². The van der Waals surface area contributed by atoms with Crippen LogP contribution >= 0.6 is 34.2 Å². The van der Waals surface area contributed by atoms with Gasteiger partial charge in [-0.1, -0.05) is 12.1 Å². The molecule has 0 saturated heterocycles. The number of rotatable bonds is 5. The highest BCUT2D eigenvalue weighted by Crippen LogP contribution is 2.20. The van der Waals surface area contributed by atoms with Gasteiger partial charge in [0.05, 0.1) is 5.88 Å². The average Bonchev–Trinajstić information content (AvgIpc) is 2.30. The lowest BCUT2D eigenvalue weighted by Crippen LogP contribution is -2.12. The van der Waals surface area contributed by atoms with Gasteiger partial charge < -0.3 is 10.2 Å². The van der Waals surface area contributed by atoms with E-state index in [4.69, 9.17) is 16.7 Å². The van der Waals surface area contributed by atoms with Crippen LogP contribution in [0.2, 0.25) is 0 Å². The second-order valence-corrected chi connectivity index (χ2v) is 4.87. The molecule has 0 aliphatic rings. The topological polar surface area (TPSA) is 74.6 Å². The predicted octanol–water partition coefficient (Wildman–Crippen LogP) is 1.76. The molecule has 0 aromatic heterocycles. The lowest BCUT2D eigenvalue weighted by atomic mass is 10.0. The summed E-state index contributed by atoms with van der Waals surface area (Å²) < 4.78 is 0.836. The lowest BCUT2D eigenvalue weighted by Gasteiger charge is -2.09. The fourth-order valence-corrected chi connectivity index (χ4v) is 1.92. The summed E-state index contributed by atoms with van der Waals surface area (Å²) in [5.41, 5.74) is 0.935. The van der Waals surface area contributed by atoms with E-state index in [2.05, 4.69) is 0 Å². The van der Waals surface area contributed by atoms with Crippen LogP contribution < -0.4 is 0 Å². The maximum Gasteiger partial charge on any atom is 0.337 e. The summed E-state index contributed by atoms with van der Waals surface area (Å²) >= 11 is 7.45. The van der Waals surface area contributed by atoms with E-state index in [9.17, 15) is 14.7 Å². The van der Waals surface area contributed by atoms with Crippen molar-refractivity contribution >= 4 is 45.9 Å². The molecule has 0 saturated carbocycles. The van der Waals surface area contributed by atoms with Crippen LogP contribution in [-0.2, 0) is 16.0 Å². The van der Waals surface area contributed by atoms with E-state index in [1.165, 1.54) is 12.1 Å². The molecule has 1 rings (SSSR count). The van der Waals surface area contributed by atoms with Crippen molar-refractivity contribution < 1.29 is 19.8 Å². The Labute approximate surface area is 117 Å². The minimum atomic E-state index is -1.57. The first-order valence-electron chi connectivity index (χ1n) is 4.72. The zero-order valence-corrected chi connectivity index (χ0v) is 11.6. The fourth-order valence-electron chi connectivity index (χ4n) is 1.30. The summed E-state index contributed by atoms with van der Waals surface area (Å²) in [7, 11) is 0. The van der Waals surface area contributed by atoms with Gasteiger partial charge in [0.1, 0.15) is 0 Å². The first-order valence-corrected chi connectivity index (χ1v) is 6.34. The molecule has 0 aliphatic heterocycles. The summed E-state index contributed by atoms with van der Waals surface area (Å²) in [4.78, 5) is 21.9. The Morgan fingerprint density at radius 3 is 2.59 bits per heavy atom. The third kappa shape index (κ3) is 3.93. The number of benzene rings is 1. The van der Waals surface area contributed by atoms with Crippen molar-refractivity contribution in [1.29, 1.82) is 0 Å². The van der Waals surface area contributed by atoms with E-state index in [0.29, 0.717) is 5.56 Å². The molecule has 92 valence electrons. The van der Waals surface area contributed by atoms with Crippen molar-refractivity contribution in [3.8, 4) is 0 Å². The summed E-state index contributed by atoms with van der Waals surface area (Å²) in [6.07, 6.45) is -1.43. The summed E-state index contributed by atoms with van der Waals surface area (Å²) in [5.74, 6) is -1.55. The summed E-state index contributed by atoms with van der Waals surface area (Å²) in [6, 6.07) is 4.71. The molecule has 0 radical (unpaired) electrons. The lowest BCUT2D eigenvalue weighted by molar-refractivity contribution is -0.146. The molecule has 0 spiro atoms. The summed E-state index contributed by atoms with van der Waals surface area (Å²) in [6.45, 7) is 0. The van der Waals surface area contributed by atoms with Crippen molar-refractivity contribution in [2.24, 2.45) is 0 Å². The Morgan fingerprint density at radius 1 is 1.41 bits per heavy atom. The quantitative estimate of drug-likeness (QED) is 0.613. The third-order valence-electron chi connectivity index (χ3n) is 2.16. The third-order valence-corrected chi connectivity index (χ3v) is 3.51. The highest BCUT2D eigenvalue weighted by molar-refractivity contribution is 14.1. The maximum absolute atomic E-state index is 11.2. The van der Waals surface area contributed by atoms with Gasteiger partial charge in [0.25, 0.3) is 0 Å². The van der Waals surface area contributed by atoms with Gasteiger partial charge in [-0.3, -0.25) is 4.79 Å².